The molecular weight excluding hydrogens is 455 g/mol. The van der Waals surface area contributed by atoms with Crippen molar-refractivity contribution in [3.8, 4) is 5.75 Å². The lowest BCUT2D eigenvalue weighted by Gasteiger charge is -2.24. The number of hydrogen-bond acceptors (Lipinski definition) is 4. The summed E-state index contributed by atoms with van der Waals surface area (Å²) in [5, 5.41) is 6.72. The van der Waals surface area contributed by atoms with Crippen molar-refractivity contribution in [1.82, 2.24) is 10.2 Å². The first-order chi connectivity index (χ1) is 12.7. The Kier molecular flexibility index (Phi) is 12.4. The summed E-state index contributed by atoms with van der Waals surface area (Å²) in [6, 6.07) is 8.70. The number of likely N-dealkylation sites (N-methyl/N-ethyl adjacent to an activating group) is 1. The quantitative estimate of drug-likeness (QED) is 0.227. The molecule has 0 spiro atoms. The molecule has 0 heterocycles. The number of hydrogen-bond donors (Lipinski definition) is 2. The Morgan fingerprint density at radius 2 is 2.04 bits per heavy atom. The fraction of sp³-hybridized carbons (Fsp3) is 0.650. The summed E-state index contributed by atoms with van der Waals surface area (Å²) in [4.78, 5) is 6.77. The first-order valence-corrected chi connectivity index (χ1v) is 9.62. The van der Waals surface area contributed by atoms with E-state index in [1.807, 2.05) is 24.3 Å². The van der Waals surface area contributed by atoms with Crippen molar-refractivity contribution in [2.24, 2.45) is 4.99 Å². The Labute approximate surface area is 181 Å². The van der Waals surface area contributed by atoms with Crippen molar-refractivity contribution in [3.05, 3.63) is 24.3 Å². The molecular formula is C20H35IN4O2. The number of anilines is 1. The zero-order valence-electron chi connectivity index (χ0n) is 16.9. The molecule has 2 N–H and O–H groups in total. The third kappa shape index (κ3) is 9.12. The number of guanidine groups is 1. The van der Waals surface area contributed by atoms with E-state index in [2.05, 4.69) is 27.6 Å². The third-order valence-electron chi connectivity index (χ3n) is 4.79. The van der Waals surface area contributed by atoms with Crippen LogP contribution in [-0.2, 0) is 4.74 Å². The van der Waals surface area contributed by atoms with E-state index in [0.29, 0.717) is 13.2 Å². The average molecular weight is 490 g/mol. The zero-order valence-corrected chi connectivity index (χ0v) is 19.2. The molecule has 0 aromatic heterocycles. The van der Waals surface area contributed by atoms with Gasteiger partial charge in [-0.2, -0.15) is 0 Å². The van der Waals surface area contributed by atoms with Crippen LogP contribution in [0.25, 0.3) is 0 Å². The van der Waals surface area contributed by atoms with E-state index in [9.17, 15) is 0 Å². The second-order valence-corrected chi connectivity index (χ2v) is 6.77. The van der Waals surface area contributed by atoms with Crippen LogP contribution < -0.4 is 15.4 Å². The maximum absolute atomic E-state index is 5.75. The zero-order chi connectivity index (χ0) is 18.6. The Morgan fingerprint density at radius 1 is 1.26 bits per heavy atom. The fourth-order valence-corrected chi connectivity index (χ4v) is 3.25. The molecule has 1 aromatic carbocycles. The molecule has 27 heavy (non-hydrogen) atoms. The third-order valence-corrected chi connectivity index (χ3v) is 4.79. The molecule has 1 saturated carbocycles. The molecule has 0 amide bonds. The number of aliphatic imine (C=N–C) groups is 1. The molecule has 0 saturated heterocycles. The maximum Gasteiger partial charge on any atom is 0.195 e. The van der Waals surface area contributed by atoms with Gasteiger partial charge in [0.15, 0.2) is 5.96 Å². The Hall–Kier alpha value is -1.06. The summed E-state index contributed by atoms with van der Waals surface area (Å²) < 4.78 is 10.8. The molecule has 7 heteroatoms. The summed E-state index contributed by atoms with van der Waals surface area (Å²) in [5.41, 5.74) is 0.964. The second kappa shape index (κ2) is 14.0. The van der Waals surface area contributed by atoms with Crippen molar-refractivity contribution in [2.75, 3.05) is 52.8 Å². The molecule has 1 aliphatic rings. The summed E-state index contributed by atoms with van der Waals surface area (Å²) in [6.45, 7) is 3.26. The molecule has 0 atom stereocenters. The molecule has 1 aromatic rings. The predicted octanol–water partition coefficient (Wildman–Crippen LogP) is 3.58. The number of nitrogens with zero attached hydrogens (tertiary/aromatic N) is 2. The van der Waals surface area contributed by atoms with Gasteiger partial charge in [0, 0.05) is 58.1 Å². The molecule has 0 bridgehead atoms. The summed E-state index contributed by atoms with van der Waals surface area (Å²) in [6.07, 6.45) is 6.29. The number of benzene rings is 1. The van der Waals surface area contributed by atoms with E-state index in [-0.39, 0.29) is 24.0 Å². The van der Waals surface area contributed by atoms with E-state index in [1.54, 1.807) is 14.2 Å². The molecule has 0 aliphatic heterocycles. The van der Waals surface area contributed by atoms with Crippen molar-refractivity contribution in [2.45, 2.75) is 38.1 Å². The lowest BCUT2D eigenvalue weighted by atomic mass is 10.2. The second-order valence-electron chi connectivity index (χ2n) is 6.77. The molecule has 154 valence electrons. The number of nitrogens with one attached hydrogen (secondary N) is 2. The van der Waals surface area contributed by atoms with Crippen LogP contribution in [0.5, 0.6) is 5.75 Å². The van der Waals surface area contributed by atoms with Crippen LogP contribution in [0, 0.1) is 0 Å². The smallest absolute Gasteiger partial charge is 0.195 e. The molecule has 1 fully saturated rings. The minimum atomic E-state index is 0. The minimum absolute atomic E-state index is 0. The highest BCUT2D eigenvalue weighted by atomic mass is 127. The lowest BCUT2D eigenvalue weighted by molar-refractivity contribution is 0.172. The molecule has 0 radical (unpaired) electrons. The standard InChI is InChI=1S/C20H34N4O2.HI/c1-21-20(22-12-13-24(2)18-9-4-5-10-18)23-17-8-6-11-19(16-17)26-15-7-14-25-3;/h6,8,11,16,18H,4-5,7,9-10,12-15H2,1-3H3,(H2,21,22,23);1H. The number of methoxy groups -OCH3 is 1. The van der Waals surface area contributed by atoms with E-state index in [1.165, 1.54) is 25.7 Å². The Bertz CT molecular complexity index is 551. The summed E-state index contributed by atoms with van der Waals surface area (Å²) in [7, 11) is 5.72. The molecule has 1 aliphatic carbocycles. The maximum atomic E-state index is 5.75. The topological polar surface area (TPSA) is 58.1 Å². The Balaban J connectivity index is 0.00000364. The van der Waals surface area contributed by atoms with Gasteiger partial charge in [-0.1, -0.05) is 18.9 Å². The van der Waals surface area contributed by atoms with E-state index in [4.69, 9.17) is 9.47 Å². The van der Waals surface area contributed by atoms with Gasteiger partial charge in [-0.3, -0.25) is 4.99 Å². The van der Waals surface area contributed by atoms with Gasteiger partial charge >= 0.3 is 0 Å². The number of rotatable bonds is 10. The van der Waals surface area contributed by atoms with Crippen LogP contribution in [0.4, 0.5) is 5.69 Å². The van der Waals surface area contributed by atoms with Crippen LogP contribution in [0.2, 0.25) is 0 Å². The SMILES string of the molecule is CN=C(NCCN(C)C1CCCC1)Nc1cccc(OCCCOC)c1.I. The van der Waals surface area contributed by atoms with Crippen LogP contribution in [0.3, 0.4) is 0 Å². The highest BCUT2D eigenvalue weighted by Gasteiger charge is 2.18. The van der Waals surface area contributed by atoms with Gasteiger partial charge in [0.25, 0.3) is 0 Å². The van der Waals surface area contributed by atoms with Gasteiger partial charge in [0.1, 0.15) is 5.75 Å². The summed E-state index contributed by atoms with van der Waals surface area (Å²) >= 11 is 0. The van der Waals surface area contributed by atoms with E-state index >= 15 is 0 Å². The van der Waals surface area contributed by atoms with Gasteiger partial charge in [0.05, 0.1) is 6.61 Å². The fourth-order valence-electron chi connectivity index (χ4n) is 3.25. The largest absolute Gasteiger partial charge is 0.493 e. The van der Waals surface area contributed by atoms with Gasteiger partial charge in [-0.15, -0.1) is 24.0 Å². The van der Waals surface area contributed by atoms with Crippen molar-refractivity contribution in [3.63, 3.8) is 0 Å². The monoisotopic (exact) mass is 490 g/mol. The van der Waals surface area contributed by atoms with Crippen LogP contribution in [0.1, 0.15) is 32.1 Å². The van der Waals surface area contributed by atoms with E-state index in [0.717, 1.165) is 42.9 Å². The van der Waals surface area contributed by atoms with Gasteiger partial charge < -0.3 is 25.0 Å². The van der Waals surface area contributed by atoms with Crippen LogP contribution in [0.15, 0.2) is 29.3 Å². The molecule has 6 nitrogen and oxygen atoms in total. The Morgan fingerprint density at radius 3 is 2.74 bits per heavy atom. The van der Waals surface area contributed by atoms with Gasteiger partial charge in [-0.05, 0) is 32.0 Å². The number of ether oxygens (including phenoxy) is 2. The highest BCUT2D eigenvalue weighted by molar-refractivity contribution is 14.0. The number of halogens is 1. The molecule has 2 rings (SSSR count). The predicted molar refractivity (Wildman–Crippen MR) is 124 cm³/mol. The van der Waals surface area contributed by atoms with Crippen molar-refractivity contribution in [1.29, 1.82) is 0 Å². The first-order valence-electron chi connectivity index (χ1n) is 9.62. The average Bonchev–Trinajstić information content (AvgIpc) is 3.19. The minimum Gasteiger partial charge on any atom is -0.493 e. The van der Waals surface area contributed by atoms with Gasteiger partial charge in [0.2, 0.25) is 0 Å². The first kappa shape index (κ1) is 24.0. The molecule has 0 unspecified atom stereocenters. The van der Waals surface area contributed by atoms with Crippen molar-refractivity contribution < 1.29 is 9.47 Å². The van der Waals surface area contributed by atoms with E-state index < -0.39 is 0 Å². The van der Waals surface area contributed by atoms with Crippen LogP contribution in [-0.4, -0.2) is 64.4 Å². The van der Waals surface area contributed by atoms with Crippen molar-refractivity contribution >= 4 is 35.6 Å². The normalized spacial score (nSPS) is 14.9. The van der Waals surface area contributed by atoms with Crippen LogP contribution >= 0.6 is 24.0 Å². The summed E-state index contributed by atoms with van der Waals surface area (Å²) in [5.74, 6) is 1.63. The highest BCUT2D eigenvalue weighted by Crippen LogP contribution is 2.22. The van der Waals surface area contributed by atoms with Gasteiger partial charge in [-0.25, -0.2) is 0 Å². The lowest BCUT2D eigenvalue weighted by Crippen LogP contribution is -2.39.